The third-order valence-corrected chi connectivity index (χ3v) is 4.78. The highest BCUT2D eigenvalue weighted by Crippen LogP contribution is 2.19. The lowest BCUT2D eigenvalue weighted by Gasteiger charge is -2.07. The molecule has 128 valence electrons. The van der Waals surface area contributed by atoms with Gasteiger partial charge in [0.25, 0.3) is 5.91 Å². The molecule has 0 radical (unpaired) electrons. The van der Waals surface area contributed by atoms with Crippen LogP contribution in [-0.2, 0) is 0 Å². The number of nitrogens with zero attached hydrogens (tertiary/aromatic N) is 3. The van der Waals surface area contributed by atoms with Crippen molar-refractivity contribution in [3.05, 3.63) is 57.3 Å². The van der Waals surface area contributed by atoms with Crippen LogP contribution in [0.2, 0.25) is 0 Å². The van der Waals surface area contributed by atoms with Crippen LogP contribution in [0, 0.1) is 0 Å². The highest BCUT2D eigenvalue weighted by molar-refractivity contribution is 9.10. The van der Waals surface area contributed by atoms with Gasteiger partial charge in [0, 0.05) is 29.1 Å². The van der Waals surface area contributed by atoms with Gasteiger partial charge in [0.2, 0.25) is 0 Å². The lowest BCUT2D eigenvalue weighted by atomic mass is 10.4. The van der Waals surface area contributed by atoms with Crippen molar-refractivity contribution < 1.29 is 4.79 Å². The van der Waals surface area contributed by atoms with E-state index < -0.39 is 0 Å². The summed E-state index contributed by atoms with van der Waals surface area (Å²) >= 11 is 4.73. The average Bonchev–Trinajstić information content (AvgIpc) is 3.07. The zero-order valence-corrected chi connectivity index (χ0v) is 15.5. The summed E-state index contributed by atoms with van der Waals surface area (Å²) in [5, 5.41) is 19.1. The van der Waals surface area contributed by atoms with Crippen molar-refractivity contribution in [1.29, 1.82) is 0 Å². The molecule has 0 aliphatic carbocycles. The van der Waals surface area contributed by atoms with Gasteiger partial charge in [0.15, 0.2) is 5.82 Å². The molecule has 0 spiro atoms. The molecule has 0 saturated carbocycles. The minimum absolute atomic E-state index is 0.0847. The lowest BCUT2D eigenvalue weighted by Crippen LogP contribution is -2.28. The topological polar surface area (TPSA) is 91.8 Å². The van der Waals surface area contributed by atoms with Gasteiger partial charge in [-0.3, -0.25) is 4.79 Å². The van der Waals surface area contributed by atoms with Crippen molar-refractivity contribution in [2.75, 3.05) is 23.7 Å². The van der Waals surface area contributed by atoms with E-state index in [9.17, 15) is 4.79 Å². The first-order valence-electron chi connectivity index (χ1n) is 7.48. The zero-order valence-electron chi connectivity index (χ0n) is 13.1. The number of aromatic nitrogens is 3. The summed E-state index contributed by atoms with van der Waals surface area (Å²) in [6, 6.07) is 11.0. The number of hydrogen-bond donors (Lipinski definition) is 3. The first kappa shape index (κ1) is 17.3. The summed E-state index contributed by atoms with van der Waals surface area (Å²) in [6.45, 7) is 1.05. The Morgan fingerprint density at radius 3 is 2.60 bits per heavy atom. The number of pyridine rings is 1. The number of anilines is 3. The van der Waals surface area contributed by atoms with E-state index in [2.05, 4.69) is 47.1 Å². The smallest absolute Gasteiger partial charge is 0.261 e. The molecule has 0 saturated heterocycles. The Morgan fingerprint density at radius 2 is 1.92 bits per heavy atom. The first-order chi connectivity index (χ1) is 12.2. The van der Waals surface area contributed by atoms with E-state index in [1.54, 1.807) is 12.3 Å². The Bertz CT molecular complexity index is 824. The van der Waals surface area contributed by atoms with E-state index in [1.165, 1.54) is 11.3 Å². The fraction of sp³-hybridized carbons (Fsp3) is 0.125. The van der Waals surface area contributed by atoms with Crippen LogP contribution in [-0.4, -0.2) is 34.2 Å². The van der Waals surface area contributed by atoms with Gasteiger partial charge in [0.1, 0.15) is 11.6 Å². The van der Waals surface area contributed by atoms with Crippen LogP contribution in [0.5, 0.6) is 0 Å². The SMILES string of the molecule is O=C(NCCNc1ccc(Nc2ccccn2)nn1)c1cc(Br)cs1. The van der Waals surface area contributed by atoms with Crippen molar-refractivity contribution in [1.82, 2.24) is 20.5 Å². The molecule has 0 bridgehead atoms. The fourth-order valence-corrected chi connectivity index (χ4v) is 3.29. The number of thiophene rings is 1. The van der Waals surface area contributed by atoms with Crippen LogP contribution in [0.1, 0.15) is 9.67 Å². The van der Waals surface area contributed by atoms with Gasteiger partial charge >= 0.3 is 0 Å². The normalized spacial score (nSPS) is 10.3. The fourth-order valence-electron chi connectivity index (χ4n) is 1.95. The molecule has 3 heterocycles. The zero-order chi connectivity index (χ0) is 17.5. The highest BCUT2D eigenvalue weighted by atomic mass is 79.9. The van der Waals surface area contributed by atoms with E-state index in [1.807, 2.05) is 35.7 Å². The molecule has 1 amide bonds. The van der Waals surface area contributed by atoms with E-state index in [0.717, 1.165) is 4.47 Å². The molecular formula is C16H15BrN6OS. The molecule has 9 heteroatoms. The van der Waals surface area contributed by atoms with Crippen LogP contribution < -0.4 is 16.0 Å². The van der Waals surface area contributed by atoms with Crippen molar-refractivity contribution in [2.45, 2.75) is 0 Å². The van der Waals surface area contributed by atoms with Gasteiger partial charge < -0.3 is 16.0 Å². The maximum Gasteiger partial charge on any atom is 0.261 e. The molecule has 0 atom stereocenters. The number of carbonyl (C=O) groups excluding carboxylic acids is 1. The summed E-state index contributed by atoms with van der Waals surface area (Å²) in [6.07, 6.45) is 1.70. The minimum atomic E-state index is -0.0847. The van der Waals surface area contributed by atoms with Crippen LogP contribution in [0.15, 0.2) is 52.4 Å². The Balaban J connectivity index is 1.42. The number of rotatable bonds is 7. The Morgan fingerprint density at radius 1 is 1.08 bits per heavy atom. The second-order valence-electron chi connectivity index (χ2n) is 4.96. The van der Waals surface area contributed by atoms with Gasteiger partial charge in [-0.15, -0.1) is 21.5 Å². The number of hydrogen-bond acceptors (Lipinski definition) is 7. The maximum atomic E-state index is 11.9. The molecule has 25 heavy (non-hydrogen) atoms. The molecular weight excluding hydrogens is 404 g/mol. The summed E-state index contributed by atoms with van der Waals surface area (Å²) in [5.41, 5.74) is 0. The third-order valence-electron chi connectivity index (χ3n) is 3.09. The van der Waals surface area contributed by atoms with Gasteiger partial charge in [-0.2, -0.15) is 0 Å². The summed E-state index contributed by atoms with van der Waals surface area (Å²) in [7, 11) is 0. The van der Waals surface area contributed by atoms with Crippen molar-refractivity contribution in [3.8, 4) is 0 Å². The highest BCUT2D eigenvalue weighted by Gasteiger charge is 2.07. The van der Waals surface area contributed by atoms with Gasteiger partial charge in [0.05, 0.1) is 4.88 Å². The standard InChI is InChI=1S/C16H15BrN6OS/c17-11-9-12(25-10-11)16(24)20-8-7-19-14-4-5-15(23-22-14)21-13-3-1-2-6-18-13/h1-6,9-10H,7-8H2,(H,19,22)(H,20,24)(H,18,21,23). The van der Waals surface area contributed by atoms with Crippen LogP contribution >= 0.6 is 27.3 Å². The Kier molecular flexibility index (Phi) is 5.91. The van der Waals surface area contributed by atoms with Crippen molar-refractivity contribution in [3.63, 3.8) is 0 Å². The van der Waals surface area contributed by atoms with E-state index in [4.69, 9.17) is 0 Å². The molecule has 0 fully saturated rings. The third kappa shape index (κ3) is 5.23. The quantitative estimate of drug-likeness (QED) is 0.509. The first-order valence-corrected chi connectivity index (χ1v) is 9.16. The molecule has 0 aliphatic rings. The molecule has 0 unspecified atom stereocenters. The number of amides is 1. The second-order valence-corrected chi connectivity index (χ2v) is 6.78. The van der Waals surface area contributed by atoms with Crippen LogP contribution in [0.3, 0.4) is 0 Å². The molecule has 0 aliphatic heterocycles. The summed E-state index contributed by atoms with van der Waals surface area (Å²) in [4.78, 5) is 16.7. The molecule has 3 aromatic rings. The lowest BCUT2D eigenvalue weighted by molar-refractivity contribution is 0.0959. The number of halogens is 1. The van der Waals surface area contributed by atoms with E-state index in [0.29, 0.717) is 35.4 Å². The Labute approximate surface area is 157 Å². The molecule has 3 rings (SSSR count). The molecule has 3 aromatic heterocycles. The van der Waals surface area contributed by atoms with Gasteiger partial charge in [-0.1, -0.05) is 6.07 Å². The van der Waals surface area contributed by atoms with Crippen molar-refractivity contribution in [2.24, 2.45) is 0 Å². The minimum Gasteiger partial charge on any atom is -0.367 e. The number of nitrogens with one attached hydrogen (secondary N) is 3. The molecule has 0 aromatic carbocycles. The molecule has 7 nitrogen and oxygen atoms in total. The molecule has 3 N–H and O–H groups in total. The second kappa shape index (κ2) is 8.54. The predicted molar refractivity (Wildman–Crippen MR) is 102 cm³/mol. The van der Waals surface area contributed by atoms with Crippen LogP contribution in [0.25, 0.3) is 0 Å². The van der Waals surface area contributed by atoms with Gasteiger partial charge in [-0.05, 0) is 46.3 Å². The predicted octanol–water partition coefficient (Wildman–Crippen LogP) is 3.28. The van der Waals surface area contributed by atoms with Gasteiger partial charge in [-0.25, -0.2) is 4.98 Å². The summed E-state index contributed by atoms with van der Waals surface area (Å²) in [5.74, 6) is 1.87. The number of carbonyl (C=O) groups is 1. The monoisotopic (exact) mass is 418 g/mol. The van der Waals surface area contributed by atoms with E-state index in [-0.39, 0.29) is 5.91 Å². The largest absolute Gasteiger partial charge is 0.367 e. The average molecular weight is 419 g/mol. The Hall–Kier alpha value is -2.52. The maximum absolute atomic E-state index is 11.9. The van der Waals surface area contributed by atoms with Crippen molar-refractivity contribution >= 4 is 50.6 Å². The van der Waals surface area contributed by atoms with E-state index >= 15 is 0 Å². The van der Waals surface area contributed by atoms with Crippen LogP contribution in [0.4, 0.5) is 17.5 Å². The summed E-state index contributed by atoms with van der Waals surface area (Å²) < 4.78 is 0.912.